The van der Waals surface area contributed by atoms with Crippen molar-refractivity contribution >= 4 is 16.6 Å². The van der Waals surface area contributed by atoms with Crippen LogP contribution in [-0.2, 0) is 10.3 Å². The molecule has 0 N–H and O–H groups in total. The number of aromatic nitrogens is 3. The monoisotopic (exact) mass is 552 g/mol. The van der Waals surface area contributed by atoms with E-state index in [1.54, 1.807) is 0 Å². The van der Waals surface area contributed by atoms with E-state index in [0.717, 1.165) is 49.0 Å². The number of ether oxygens (including phenoxy) is 1. The van der Waals surface area contributed by atoms with Crippen molar-refractivity contribution < 1.29 is 4.74 Å². The van der Waals surface area contributed by atoms with Crippen molar-refractivity contribution in [1.82, 2.24) is 14.8 Å². The van der Waals surface area contributed by atoms with E-state index in [-0.39, 0.29) is 5.92 Å². The lowest BCUT2D eigenvalue weighted by molar-refractivity contribution is 0.0819. The summed E-state index contributed by atoms with van der Waals surface area (Å²) in [6.07, 6.45) is 18.5. The number of hydrogen-bond donors (Lipinski definition) is 0. The number of benzene rings is 3. The third-order valence-corrected chi connectivity index (χ3v) is 9.06. The van der Waals surface area contributed by atoms with Crippen LogP contribution < -0.4 is 4.90 Å². The van der Waals surface area contributed by atoms with Crippen molar-refractivity contribution in [3.05, 3.63) is 139 Å². The highest BCUT2D eigenvalue weighted by Crippen LogP contribution is 2.44. The van der Waals surface area contributed by atoms with E-state index in [1.807, 2.05) is 19.5 Å². The van der Waals surface area contributed by atoms with Gasteiger partial charge < -0.3 is 9.64 Å². The Balaban J connectivity index is 1.34. The van der Waals surface area contributed by atoms with Gasteiger partial charge in [0.15, 0.2) is 0 Å². The van der Waals surface area contributed by atoms with Crippen molar-refractivity contribution in [1.29, 1.82) is 0 Å². The minimum atomic E-state index is -0.503. The molecule has 7 rings (SSSR count). The number of allylic oxidation sites excluding steroid dienone is 4. The van der Waals surface area contributed by atoms with Crippen LogP contribution in [-0.4, -0.2) is 41.1 Å². The average Bonchev–Trinajstić information content (AvgIpc) is 3.57. The zero-order chi connectivity index (χ0) is 28.4. The van der Waals surface area contributed by atoms with Gasteiger partial charge in [0, 0.05) is 55.1 Å². The highest BCUT2D eigenvalue weighted by molar-refractivity contribution is 5.94. The van der Waals surface area contributed by atoms with Gasteiger partial charge in [0.25, 0.3) is 0 Å². The molecule has 0 spiro atoms. The highest BCUT2D eigenvalue weighted by Gasteiger charge is 2.43. The van der Waals surface area contributed by atoms with E-state index < -0.39 is 5.54 Å². The predicted octanol–water partition coefficient (Wildman–Crippen LogP) is 7.64. The number of anilines is 1. The Morgan fingerprint density at radius 1 is 0.833 bits per heavy atom. The first-order valence-corrected chi connectivity index (χ1v) is 14.9. The topological polar surface area (TPSA) is 43.2 Å². The third kappa shape index (κ3) is 4.64. The quantitative estimate of drug-likeness (QED) is 0.208. The van der Waals surface area contributed by atoms with Gasteiger partial charge in [-0.15, -0.1) is 0 Å². The van der Waals surface area contributed by atoms with Gasteiger partial charge in [-0.05, 0) is 54.2 Å². The lowest BCUT2D eigenvalue weighted by atomic mass is 9.70. The summed E-state index contributed by atoms with van der Waals surface area (Å²) in [5, 5.41) is 6.30. The number of hydrogen-bond acceptors (Lipinski definition) is 4. The molecule has 42 heavy (non-hydrogen) atoms. The van der Waals surface area contributed by atoms with Gasteiger partial charge in [-0.3, -0.25) is 9.67 Å². The fourth-order valence-electron chi connectivity index (χ4n) is 6.89. The van der Waals surface area contributed by atoms with E-state index in [4.69, 9.17) is 14.8 Å². The Labute approximate surface area is 247 Å². The molecular weight excluding hydrogens is 516 g/mol. The Morgan fingerprint density at radius 3 is 2.24 bits per heavy atom. The fraction of sp³-hybridized carbons (Fsp3) is 0.243. The smallest absolute Gasteiger partial charge is 0.119 e. The number of nitrogens with zero attached hydrogens (tertiary/aromatic N) is 4. The van der Waals surface area contributed by atoms with Crippen molar-refractivity contribution in [2.45, 2.75) is 30.9 Å². The number of piperidine rings is 1. The van der Waals surface area contributed by atoms with Gasteiger partial charge in [0.05, 0.1) is 17.8 Å². The van der Waals surface area contributed by atoms with Crippen LogP contribution in [0.15, 0.2) is 128 Å². The molecule has 1 fully saturated rings. The summed E-state index contributed by atoms with van der Waals surface area (Å²) in [7, 11) is 1.82. The first kappa shape index (κ1) is 26.4. The minimum absolute atomic E-state index is 0.197. The molecule has 5 heteroatoms. The number of fused-ring (bicyclic) bond motifs is 1. The second-order valence-electron chi connectivity index (χ2n) is 11.3. The van der Waals surface area contributed by atoms with Crippen molar-refractivity contribution in [3.8, 4) is 11.1 Å². The van der Waals surface area contributed by atoms with E-state index in [9.17, 15) is 0 Å². The maximum Gasteiger partial charge on any atom is 0.119 e. The van der Waals surface area contributed by atoms with E-state index in [0.29, 0.717) is 6.10 Å². The van der Waals surface area contributed by atoms with Crippen LogP contribution in [0.25, 0.3) is 22.0 Å². The summed E-state index contributed by atoms with van der Waals surface area (Å²) in [4.78, 5) is 7.18. The zero-order valence-electron chi connectivity index (χ0n) is 24.0. The molecule has 1 atom stereocenters. The SMILES string of the molecule is COC1CCN(c2ccnc3ccc(-c4cnn(C(c5ccccc5)(c5ccccc5)C5C=CC=CC5)c4)cc23)CC1. The molecule has 5 nitrogen and oxygen atoms in total. The van der Waals surface area contributed by atoms with Crippen molar-refractivity contribution in [2.24, 2.45) is 5.92 Å². The second kappa shape index (κ2) is 11.4. The molecule has 210 valence electrons. The van der Waals surface area contributed by atoms with Crippen LogP contribution in [0.3, 0.4) is 0 Å². The molecule has 0 amide bonds. The second-order valence-corrected chi connectivity index (χ2v) is 11.3. The van der Waals surface area contributed by atoms with Crippen molar-refractivity contribution in [2.75, 3.05) is 25.1 Å². The van der Waals surface area contributed by atoms with E-state index >= 15 is 0 Å². The summed E-state index contributed by atoms with van der Waals surface area (Å²) in [5.41, 5.74) is 6.43. The van der Waals surface area contributed by atoms with E-state index in [2.05, 4.69) is 125 Å². The van der Waals surface area contributed by atoms with Gasteiger partial charge in [-0.25, -0.2) is 0 Å². The number of pyridine rings is 1. The molecule has 5 aromatic rings. The minimum Gasteiger partial charge on any atom is -0.381 e. The molecule has 2 aromatic heterocycles. The van der Waals surface area contributed by atoms with Gasteiger partial charge in [-0.1, -0.05) is 91.0 Å². The van der Waals surface area contributed by atoms with Gasteiger partial charge >= 0.3 is 0 Å². The first-order valence-electron chi connectivity index (χ1n) is 14.9. The Morgan fingerprint density at radius 2 is 1.57 bits per heavy atom. The van der Waals surface area contributed by atoms with Crippen LogP contribution in [0.1, 0.15) is 30.4 Å². The molecule has 2 aliphatic rings. The van der Waals surface area contributed by atoms with Crippen molar-refractivity contribution in [3.63, 3.8) is 0 Å². The number of rotatable bonds is 7. The largest absolute Gasteiger partial charge is 0.381 e. The zero-order valence-corrected chi connectivity index (χ0v) is 24.0. The molecule has 1 saturated heterocycles. The summed E-state index contributed by atoms with van der Waals surface area (Å²) >= 11 is 0. The van der Waals surface area contributed by atoms with Gasteiger partial charge in [0.1, 0.15) is 5.54 Å². The first-order chi connectivity index (χ1) is 20.8. The molecule has 1 aliphatic carbocycles. The molecule has 0 saturated carbocycles. The Bertz CT molecular complexity index is 1680. The summed E-state index contributed by atoms with van der Waals surface area (Å²) in [5.74, 6) is 0.197. The van der Waals surface area contributed by atoms with Crippen LogP contribution in [0.5, 0.6) is 0 Å². The van der Waals surface area contributed by atoms with Crippen LogP contribution >= 0.6 is 0 Å². The standard InChI is InChI=1S/C37H36N4O/c1-42-33-20-23-40(24-21-33)36-19-22-38-35-18-17-28(25-34(35)36)29-26-39-41(27-29)37(30-11-5-2-6-12-30,31-13-7-3-8-14-31)32-15-9-4-10-16-32/h2-15,17-19,22,25-27,32-33H,16,20-21,23-24H2,1H3. The fourth-order valence-corrected chi connectivity index (χ4v) is 6.89. The van der Waals surface area contributed by atoms with Gasteiger partial charge in [0.2, 0.25) is 0 Å². The molecule has 1 aliphatic heterocycles. The van der Waals surface area contributed by atoms with Crippen LogP contribution in [0.4, 0.5) is 5.69 Å². The maximum absolute atomic E-state index is 5.62. The number of methoxy groups -OCH3 is 1. The van der Waals surface area contributed by atoms with Crippen LogP contribution in [0.2, 0.25) is 0 Å². The summed E-state index contributed by atoms with van der Waals surface area (Å²) in [6, 6.07) is 30.4. The molecule has 3 aromatic carbocycles. The van der Waals surface area contributed by atoms with E-state index in [1.165, 1.54) is 22.2 Å². The predicted molar refractivity (Wildman–Crippen MR) is 171 cm³/mol. The molecule has 0 radical (unpaired) electrons. The molecule has 3 heterocycles. The summed E-state index contributed by atoms with van der Waals surface area (Å²) < 4.78 is 7.82. The highest BCUT2D eigenvalue weighted by atomic mass is 16.5. The average molecular weight is 553 g/mol. The molecule has 1 unspecified atom stereocenters. The Kier molecular flexibility index (Phi) is 7.18. The molecule has 0 bridgehead atoms. The lowest BCUT2D eigenvalue weighted by Gasteiger charge is -2.41. The summed E-state index contributed by atoms with van der Waals surface area (Å²) in [6.45, 7) is 1.97. The van der Waals surface area contributed by atoms with Gasteiger partial charge in [-0.2, -0.15) is 5.10 Å². The van der Waals surface area contributed by atoms with Crippen LogP contribution in [0, 0.1) is 5.92 Å². The normalized spacial score (nSPS) is 17.6. The Hall–Kier alpha value is -4.48. The molecular formula is C37H36N4O. The third-order valence-electron chi connectivity index (χ3n) is 9.06. The maximum atomic E-state index is 5.62. The lowest BCUT2D eigenvalue weighted by Crippen LogP contribution is -2.43.